The maximum absolute atomic E-state index is 14.8. The molecular weight excluding hydrogens is 407 g/mol. The smallest absolute Gasteiger partial charge is 0.169 e. The van der Waals surface area contributed by atoms with E-state index in [1.54, 1.807) is 24.3 Å². The minimum absolute atomic E-state index is 0.0290. The third kappa shape index (κ3) is 2.96. The van der Waals surface area contributed by atoms with Crippen LogP contribution in [0.5, 0.6) is 0 Å². The fraction of sp³-hybridized carbons (Fsp3) is 0. The van der Waals surface area contributed by atoms with E-state index in [1.807, 2.05) is 30.3 Å². The third-order valence-corrected chi connectivity index (χ3v) is 5.41. The molecular formula is C26H13F5. The second-order valence-corrected chi connectivity index (χ2v) is 7.19. The van der Waals surface area contributed by atoms with Crippen LogP contribution >= 0.6 is 0 Å². The molecule has 0 nitrogen and oxygen atoms in total. The summed E-state index contributed by atoms with van der Waals surface area (Å²) in [5, 5.41) is 1.62. The van der Waals surface area contributed by atoms with Crippen molar-refractivity contribution in [1.82, 2.24) is 0 Å². The predicted octanol–water partition coefficient (Wildman–Crippen LogP) is 8.02. The number of benzene rings is 5. The van der Waals surface area contributed by atoms with Crippen molar-refractivity contribution in [2.45, 2.75) is 0 Å². The van der Waals surface area contributed by atoms with Gasteiger partial charge in [0, 0.05) is 11.6 Å². The van der Waals surface area contributed by atoms with Gasteiger partial charge in [0.1, 0.15) is 5.82 Å². The third-order valence-electron chi connectivity index (χ3n) is 5.41. The summed E-state index contributed by atoms with van der Waals surface area (Å²) in [7, 11) is 0. The van der Waals surface area contributed by atoms with E-state index in [1.165, 1.54) is 12.1 Å². The summed E-state index contributed by atoms with van der Waals surface area (Å²) >= 11 is 0. The largest absolute Gasteiger partial charge is 0.207 e. The average molecular weight is 420 g/mol. The first kappa shape index (κ1) is 19.2. The van der Waals surface area contributed by atoms with E-state index in [9.17, 15) is 22.0 Å². The molecule has 0 amide bonds. The molecule has 0 bridgehead atoms. The molecule has 31 heavy (non-hydrogen) atoms. The van der Waals surface area contributed by atoms with Crippen LogP contribution in [0.15, 0.2) is 78.9 Å². The van der Waals surface area contributed by atoms with Gasteiger partial charge in [-0.15, -0.1) is 0 Å². The van der Waals surface area contributed by atoms with E-state index in [2.05, 4.69) is 0 Å². The highest BCUT2D eigenvalue weighted by Gasteiger charge is 2.25. The second kappa shape index (κ2) is 7.20. The average Bonchev–Trinajstić information content (AvgIpc) is 2.78. The number of hydrogen-bond acceptors (Lipinski definition) is 0. The maximum Gasteiger partial charge on any atom is 0.169 e. The molecule has 0 saturated heterocycles. The van der Waals surface area contributed by atoms with Crippen LogP contribution in [-0.4, -0.2) is 0 Å². The molecule has 0 N–H and O–H groups in total. The Morgan fingerprint density at radius 3 is 1.61 bits per heavy atom. The SMILES string of the molecule is Fc1ccc2c(-c3c(F)c(F)cc(F)c3F)c3ccccc3c(-c3ccccc3)c2c1. The Labute approximate surface area is 174 Å². The van der Waals surface area contributed by atoms with Gasteiger partial charge in [-0.1, -0.05) is 60.7 Å². The molecule has 0 aliphatic carbocycles. The Kier molecular flexibility index (Phi) is 4.47. The molecule has 5 heteroatoms. The van der Waals surface area contributed by atoms with Crippen molar-refractivity contribution in [3.05, 3.63) is 108 Å². The van der Waals surface area contributed by atoms with Crippen molar-refractivity contribution in [3.8, 4) is 22.3 Å². The van der Waals surface area contributed by atoms with Gasteiger partial charge in [-0.25, -0.2) is 22.0 Å². The molecule has 152 valence electrons. The lowest BCUT2D eigenvalue weighted by atomic mass is 9.85. The molecule has 5 aromatic carbocycles. The van der Waals surface area contributed by atoms with Gasteiger partial charge in [-0.3, -0.25) is 0 Å². The predicted molar refractivity (Wildman–Crippen MR) is 112 cm³/mol. The lowest BCUT2D eigenvalue weighted by Crippen LogP contribution is -2.01. The minimum atomic E-state index is -1.50. The Bertz CT molecular complexity index is 1450. The highest BCUT2D eigenvalue weighted by molar-refractivity contribution is 6.21. The van der Waals surface area contributed by atoms with Crippen LogP contribution in [0.1, 0.15) is 0 Å². The van der Waals surface area contributed by atoms with Crippen LogP contribution in [0.3, 0.4) is 0 Å². The van der Waals surface area contributed by atoms with Crippen molar-refractivity contribution in [2.75, 3.05) is 0 Å². The standard InChI is InChI=1S/C26H13F5/c27-15-10-11-18-19(12-15)22(14-6-2-1-3-7-14)16-8-4-5-9-17(16)23(18)24-25(30)20(28)13-21(29)26(24)31/h1-13H. The van der Waals surface area contributed by atoms with Crippen LogP contribution < -0.4 is 0 Å². The molecule has 0 spiro atoms. The number of halogens is 5. The fourth-order valence-corrected chi connectivity index (χ4v) is 4.13. The summed E-state index contributed by atoms with van der Waals surface area (Å²) in [6, 6.07) is 19.9. The Morgan fingerprint density at radius 2 is 0.968 bits per heavy atom. The monoisotopic (exact) mass is 420 g/mol. The summed E-state index contributed by atoms with van der Waals surface area (Å²) in [4.78, 5) is 0. The highest BCUT2D eigenvalue weighted by atomic mass is 19.2. The summed E-state index contributed by atoms with van der Waals surface area (Å²) in [5.74, 6) is -6.54. The lowest BCUT2D eigenvalue weighted by molar-refractivity contribution is 0.458. The van der Waals surface area contributed by atoms with Crippen LogP contribution in [0, 0.1) is 29.1 Å². The highest BCUT2D eigenvalue weighted by Crippen LogP contribution is 2.45. The molecule has 0 aliphatic heterocycles. The Hall–Kier alpha value is -3.73. The van der Waals surface area contributed by atoms with Gasteiger partial charge in [0.05, 0.1) is 5.56 Å². The summed E-state index contributed by atoms with van der Waals surface area (Å²) in [6.07, 6.45) is 0. The first-order valence-electron chi connectivity index (χ1n) is 9.50. The van der Waals surface area contributed by atoms with Gasteiger partial charge in [0.2, 0.25) is 0 Å². The first-order valence-corrected chi connectivity index (χ1v) is 9.50. The number of hydrogen-bond donors (Lipinski definition) is 0. The van der Waals surface area contributed by atoms with Gasteiger partial charge in [0.25, 0.3) is 0 Å². The van der Waals surface area contributed by atoms with Crippen LogP contribution in [0.25, 0.3) is 43.8 Å². The van der Waals surface area contributed by atoms with Crippen molar-refractivity contribution in [2.24, 2.45) is 0 Å². The van der Waals surface area contributed by atoms with Gasteiger partial charge in [-0.2, -0.15) is 0 Å². The lowest BCUT2D eigenvalue weighted by Gasteiger charge is -2.18. The van der Waals surface area contributed by atoms with E-state index in [0.717, 1.165) is 11.6 Å². The molecule has 5 rings (SSSR count). The molecule has 0 radical (unpaired) electrons. The molecule has 0 aliphatic rings. The number of rotatable bonds is 2. The van der Waals surface area contributed by atoms with Gasteiger partial charge >= 0.3 is 0 Å². The maximum atomic E-state index is 14.8. The molecule has 0 unspecified atom stereocenters. The molecule has 0 saturated carbocycles. The summed E-state index contributed by atoms with van der Waals surface area (Å²) in [6.45, 7) is 0. The summed E-state index contributed by atoms with van der Waals surface area (Å²) < 4.78 is 72.1. The fourth-order valence-electron chi connectivity index (χ4n) is 4.13. The van der Waals surface area contributed by atoms with Crippen LogP contribution in [0.4, 0.5) is 22.0 Å². The van der Waals surface area contributed by atoms with Crippen LogP contribution in [-0.2, 0) is 0 Å². The van der Waals surface area contributed by atoms with Crippen molar-refractivity contribution >= 4 is 21.5 Å². The molecule has 0 heterocycles. The minimum Gasteiger partial charge on any atom is -0.207 e. The van der Waals surface area contributed by atoms with E-state index in [0.29, 0.717) is 21.7 Å². The molecule has 0 atom stereocenters. The Morgan fingerprint density at radius 1 is 0.419 bits per heavy atom. The van der Waals surface area contributed by atoms with Gasteiger partial charge in [0.15, 0.2) is 23.3 Å². The zero-order valence-electron chi connectivity index (χ0n) is 15.9. The Balaban J connectivity index is 2.07. The van der Waals surface area contributed by atoms with E-state index >= 15 is 0 Å². The van der Waals surface area contributed by atoms with Gasteiger partial charge < -0.3 is 0 Å². The zero-order chi connectivity index (χ0) is 21.7. The quantitative estimate of drug-likeness (QED) is 0.154. The summed E-state index contributed by atoms with van der Waals surface area (Å²) in [5.41, 5.74) is 0.586. The van der Waals surface area contributed by atoms with Crippen molar-refractivity contribution < 1.29 is 22.0 Å². The van der Waals surface area contributed by atoms with Crippen molar-refractivity contribution in [1.29, 1.82) is 0 Å². The molecule has 0 aromatic heterocycles. The van der Waals surface area contributed by atoms with Crippen molar-refractivity contribution in [3.63, 3.8) is 0 Å². The topological polar surface area (TPSA) is 0 Å². The normalized spacial score (nSPS) is 11.4. The van der Waals surface area contributed by atoms with E-state index < -0.39 is 34.6 Å². The second-order valence-electron chi connectivity index (χ2n) is 7.19. The first-order chi connectivity index (χ1) is 15.0. The molecule has 5 aromatic rings. The van der Waals surface area contributed by atoms with E-state index in [4.69, 9.17) is 0 Å². The zero-order valence-corrected chi connectivity index (χ0v) is 15.9. The van der Waals surface area contributed by atoms with Crippen LogP contribution in [0.2, 0.25) is 0 Å². The molecule has 0 fully saturated rings. The van der Waals surface area contributed by atoms with E-state index in [-0.39, 0.29) is 17.0 Å². The number of fused-ring (bicyclic) bond motifs is 2. The van der Waals surface area contributed by atoms with Gasteiger partial charge in [-0.05, 0) is 44.8 Å².